The zero-order valence-electron chi connectivity index (χ0n) is 6.76. The number of piperidine rings is 1. The maximum absolute atomic E-state index is 11.0. The van der Waals surface area contributed by atoms with E-state index < -0.39 is 40.2 Å². The summed E-state index contributed by atoms with van der Waals surface area (Å²) < 4.78 is 0. The zero-order valence-corrected chi connectivity index (χ0v) is 6.76. The molecule has 1 fully saturated rings. The normalized spacial score (nSPS) is 20.0. The monoisotopic (exact) mass is 203 g/mol. The van der Waals surface area contributed by atoms with Crippen molar-refractivity contribution in [1.82, 2.24) is 5.32 Å². The van der Waals surface area contributed by atoms with Crippen LogP contribution in [-0.4, -0.2) is 27.3 Å². The van der Waals surface area contributed by atoms with Gasteiger partial charge in [-0.2, -0.15) is 0 Å². The fourth-order valence-electron chi connectivity index (χ4n) is 1.11. The fourth-order valence-corrected chi connectivity index (χ4v) is 1.11. The van der Waals surface area contributed by atoms with Crippen LogP contribution in [0.3, 0.4) is 0 Å². The first-order chi connectivity index (χ1) is 6.41. The van der Waals surface area contributed by atoms with Crippen molar-refractivity contribution in [3.05, 3.63) is 20.2 Å². The Hall–Kier alpha value is -2.06. The van der Waals surface area contributed by atoms with Gasteiger partial charge >= 0.3 is 11.6 Å². The highest BCUT2D eigenvalue weighted by molar-refractivity contribution is 6.00. The Kier molecular flexibility index (Phi) is 2.16. The van der Waals surface area contributed by atoms with Gasteiger partial charge in [0.1, 0.15) is 16.3 Å². The molecule has 14 heavy (non-hydrogen) atoms. The standard InChI is InChI=1S/C5H5N3O6/c9-3-1-2-5(7(11)12,8(13)14)4(10)6-3/h1-2H2,(H,6,9,10). The Bertz CT molecular complexity index is 322. The van der Waals surface area contributed by atoms with Gasteiger partial charge in [-0.1, -0.05) is 0 Å². The Morgan fingerprint density at radius 2 is 1.71 bits per heavy atom. The van der Waals surface area contributed by atoms with E-state index in [0.29, 0.717) is 0 Å². The van der Waals surface area contributed by atoms with Crippen molar-refractivity contribution in [1.29, 1.82) is 0 Å². The van der Waals surface area contributed by atoms with Crippen LogP contribution in [0.1, 0.15) is 12.8 Å². The molecular formula is C5H5N3O6. The van der Waals surface area contributed by atoms with Crippen LogP contribution < -0.4 is 5.32 Å². The number of carbonyl (C=O) groups excluding carboxylic acids is 2. The van der Waals surface area contributed by atoms with Gasteiger partial charge in [0.2, 0.25) is 5.91 Å². The van der Waals surface area contributed by atoms with Gasteiger partial charge in [-0.15, -0.1) is 0 Å². The number of nitro groups is 2. The lowest BCUT2D eigenvalue weighted by Crippen LogP contribution is -2.62. The molecule has 1 saturated heterocycles. The van der Waals surface area contributed by atoms with Crippen molar-refractivity contribution < 1.29 is 19.4 Å². The van der Waals surface area contributed by atoms with Gasteiger partial charge in [0.05, 0.1) is 0 Å². The molecule has 0 unspecified atom stereocenters. The minimum absolute atomic E-state index is 0.409. The van der Waals surface area contributed by atoms with E-state index in [-0.39, 0.29) is 0 Å². The fraction of sp³-hybridized carbons (Fsp3) is 0.600. The van der Waals surface area contributed by atoms with Gasteiger partial charge < -0.3 is 0 Å². The van der Waals surface area contributed by atoms with E-state index in [1.807, 2.05) is 0 Å². The highest BCUT2D eigenvalue weighted by Gasteiger charge is 2.66. The molecule has 0 radical (unpaired) electrons. The van der Waals surface area contributed by atoms with Crippen LogP contribution in [0.4, 0.5) is 0 Å². The molecule has 1 N–H and O–H groups in total. The Labute approximate surface area is 76.4 Å². The molecule has 0 bridgehead atoms. The lowest BCUT2D eigenvalue weighted by atomic mass is 10.00. The Balaban J connectivity index is 3.11. The largest absolute Gasteiger partial charge is 0.535 e. The summed E-state index contributed by atoms with van der Waals surface area (Å²) in [5, 5.41) is 22.4. The van der Waals surface area contributed by atoms with Crippen molar-refractivity contribution >= 4 is 11.8 Å². The molecule has 0 aromatic rings. The first-order valence-electron chi connectivity index (χ1n) is 3.54. The van der Waals surface area contributed by atoms with E-state index in [1.165, 1.54) is 0 Å². The van der Waals surface area contributed by atoms with Gasteiger partial charge in [-0.05, 0) is 0 Å². The second-order valence-corrected chi connectivity index (χ2v) is 2.71. The van der Waals surface area contributed by atoms with Gasteiger partial charge in [-0.25, -0.2) is 0 Å². The van der Waals surface area contributed by atoms with E-state index in [4.69, 9.17) is 0 Å². The van der Waals surface area contributed by atoms with Gasteiger partial charge in [0, 0.05) is 6.42 Å². The number of hydrogen-bond acceptors (Lipinski definition) is 6. The molecule has 1 rings (SSSR count). The summed E-state index contributed by atoms with van der Waals surface area (Å²) in [6.45, 7) is 0. The molecular weight excluding hydrogens is 198 g/mol. The second-order valence-electron chi connectivity index (χ2n) is 2.71. The molecule has 0 spiro atoms. The summed E-state index contributed by atoms with van der Waals surface area (Å²) in [5.41, 5.74) is -2.91. The number of imide groups is 1. The summed E-state index contributed by atoms with van der Waals surface area (Å²) in [6, 6.07) is 0. The third-order valence-corrected chi connectivity index (χ3v) is 1.92. The van der Waals surface area contributed by atoms with Crippen LogP contribution in [0.25, 0.3) is 0 Å². The summed E-state index contributed by atoms with van der Waals surface area (Å²) in [7, 11) is 0. The smallest absolute Gasteiger partial charge is 0.284 e. The SMILES string of the molecule is O=C1CCC([N+](=O)[O-])([N+](=O)[O-])C(=O)N1. The van der Waals surface area contributed by atoms with E-state index in [1.54, 1.807) is 5.32 Å². The van der Waals surface area contributed by atoms with Crippen LogP contribution in [-0.2, 0) is 9.59 Å². The molecule has 2 amide bonds. The summed E-state index contributed by atoms with van der Waals surface area (Å²) in [4.78, 5) is 39.9. The summed E-state index contributed by atoms with van der Waals surface area (Å²) in [6.07, 6.45) is -1.12. The van der Waals surface area contributed by atoms with Crippen molar-refractivity contribution in [3.63, 3.8) is 0 Å². The zero-order chi connectivity index (χ0) is 10.9. The lowest BCUT2D eigenvalue weighted by molar-refractivity contribution is -0.777. The maximum atomic E-state index is 11.0. The van der Waals surface area contributed by atoms with Crippen LogP contribution in [0.2, 0.25) is 0 Å². The van der Waals surface area contributed by atoms with Crippen molar-refractivity contribution in [3.8, 4) is 0 Å². The average Bonchev–Trinajstić information content (AvgIpc) is 2.02. The van der Waals surface area contributed by atoms with E-state index >= 15 is 0 Å². The second kappa shape index (κ2) is 3.01. The molecule has 9 heteroatoms. The number of carbonyl (C=O) groups is 2. The van der Waals surface area contributed by atoms with Crippen LogP contribution in [0, 0.1) is 20.2 Å². The van der Waals surface area contributed by atoms with Crippen LogP contribution in [0.15, 0.2) is 0 Å². The molecule has 1 aliphatic heterocycles. The quantitative estimate of drug-likeness (QED) is 0.256. The third-order valence-electron chi connectivity index (χ3n) is 1.92. The molecule has 1 heterocycles. The molecule has 9 nitrogen and oxygen atoms in total. The highest BCUT2D eigenvalue weighted by atomic mass is 16.7. The molecule has 1 aliphatic rings. The minimum Gasteiger partial charge on any atom is -0.284 e. The molecule has 0 atom stereocenters. The summed E-state index contributed by atoms with van der Waals surface area (Å²) in [5.74, 6) is -2.22. The Morgan fingerprint density at radius 1 is 1.21 bits per heavy atom. The van der Waals surface area contributed by atoms with Gasteiger partial charge in [-0.3, -0.25) is 35.1 Å². The number of amides is 2. The summed E-state index contributed by atoms with van der Waals surface area (Å²) >= 11 is 0. The first-order valence-corrected chi connectivity index (χ1v) is 3.54. The Morgan fingerprint density at radius 3 is 2.07 bits per heavy atom. The predicted octanol–water partition coefficient (Wildman–Crippen LogP) is -1.33. The van der Waals surface area contributed by atoms with E-state index in [2.05, 4.69) is 0 Å². The van der Waals surface area contributed by atoms with Crippen molar-refractivity contribution in [2.75, 3.05) is 0 Å². The van der Waals surface area contributed by atoms with Crippen LogP contribution in [0.5, 0.6) is 0 Å². The molecule has 0 aromatic carbocycles. The molecule has 0 aromatic heterocycles. The third kappa shape index (κ3) is 1.18. The predicted molar refractivity (Wildman–Crippen MR) is 39.1 cm³/mol. The maximum Gasteiger partial charge on any atom is 0.535 e. The van der Waals surface area contributed by atoms with Gasteiger partial charge in [0.15, 0.2) is 0 Å². The molecule has 0 aliphatic carbocycles. The van der Waals surface area contributed by atoms with E-state index in [0.717, 1.165) is 0 Å². The first kappa shape index (κ1) is 10.0. The van der Waals surface area contributed by atoms with Gasteiger partial charge in [0.25, 0.3) is 0 Å². The average molecular weight is 203 g/mol. The number of rotatable bonds is 2. The minimum atomic E-state index is -2.91. The molecule has 76 valence electrons. The number of nitrogens with one attached hydrogen (secondary N) is 1. The number of hydrogen-bond donors (Lipinski definition) is 1. The topological polar surface area (TPSA) is 132 Å². The highest BCUT2D eigenvalue weighted by Crippen LogP contribution is 2.22. The van der Waals surface area contributed by atoms with Crippen molar-refractivity contribution in [2.45, 2.75) is 18.5 Å². The van der Waals surface area contributed by atoms with Crippen LogP contribution >= 0.6 is 0 Å². The van der Waals surface area contributed by atoms with E-state index in [9.17, 15) is 29.8 Å². The van der Waals surface area contributed by atoms with Crippen molar-refractivity contribution in [2.24, 2.45) is 0 Å². The molecule has 0 saturated carbocycles. The number of nitrogens with zero attached hydrogens (tertiary/aromatic N) is 2. The lowest BCUT2D eigenvalue weighted by Gasteiger charge is -2.19.